The number of carbonyl (C=O) groups is 2. The summed E-state index contributed by atoms with van der Waals surface area (Å²) in [5.74, 6) is 0.376. The SMILES string of the molecule is COC(=O)C1(CI)CS[C@@H]2C(N)C(=O)N2C1. The number of nitrogens with zero attached hydrogens (tertiary/aromatic N) is 1. The lowest BCUT2D eigenvalue weighted by atomic mass is 9.89. The number of thioether (sulfide) groups is 1. The van der Waals surface area contributed by atoms with Crippen LogP contribution in [-0.2, 0) is 14.3 Å². The number of carbonyl (C=O) groups excluding carboxylic acids is 2. The average Bonchev–Trinajstić information content (AvgIpc) is 2.35. The lowest BCUT2D eigenvalue weighted by Crippen LogP contribution is -2.72. The molecule has 0 aromatic carbocycles. The summed E-state index contributed by atoms with van der Waals surface area (Å²) in [4.78, 5) is 25.0. The van der Waals surface area contributed by atoms with Gasteiger partial charge in [-0.2, -0.15) is 0 Å². The van der Waals surface area contributed by atoms with Crippen molar-refractivity contribution in [3.8, 4) is 0 Å². The molecule has 2 rings (SSSR count). The number of alkyl halides is 1. The summed E-state index contributed by atoms with van der Waals surface area (Å²) in [7, 11) is 1.39. The van der Waals surface area contributed by atoms with Gasteiger partial charge in [-0.1, -0.05) is 22.6 Å². The molecule has 90 valence electrons. The van der Waals surface area contributed by atoms with Gasteiger partial charge in [-0.05, 0) is 0 Å². The molecule has 2 saturated heterocycles. The molecule has 16 heavy (non-hydrogen) atoms. The monoisotopic (exact) mass is 356 g/mol. The predicted octanol–water partition coefficient (Wildman–Crippen LogP) is -0.177. The van der Waals surface area contributed by atoms with Crippen molar-refractivity contribution in [2.75, 3.05) is 23.8 Å². The minimum Gasteiger partial charge on any atom is -0.468 e. The standard InChI is InChI=1S/C9H13IN2O3S/c1-15-8(14)9(2-10)3-12-6(13)5(11)7(12)16-4-9/h5,7H,2-4,11H2,1H3/t5?,7-,9?/m1/s1. The third kappa shape index (κ3) is 1.63. The topological polar surface area (TPSA) is 72.6 Å². The lowest BCUT2D eigenvalue weighted by molar-refractivity contribution is -0.157. The third-order valence-corrected chi connectivity index (χ3v) is 6.13. The number of hydrogen-bond acceptors (Lipinski definition) is 5. The van der Waals surface area contributed by atoms with Crippen molar-refractivity contribution in [1.82, 2.24) is 4.90 Å². The zero-order valence-electron chi connectivity index (χ0n) is 8.81. The molecule has 0 aromatic rings. The Hall–Kier alpha value is -0.0200. The number of rotatable bonds is 2. The molecule has 2 fully saturated rings. The van der Waals surface area contributed by atoms with E-state index in [2.05, 4.69) is 22.6 Å². The van der Waals surface area contributed by atoms with Gasteiger partial charge in [-0.3, -0.25) is 9.59 Å². The van der Waals surface area contributed by atoms with Crippen LogP contribution >= 0.6 is 34.4 Å². The van der Waals surface area contributed by atoms with E-state index in [4.69, 9.17) is 10.5 Å². The van der Waals surface area contributed by atoms with E-state index in [1.165, 1.54) is 7.11 Å². The molecule has 3 atom stereocenters. The number of β-lactam (4-membered cyclic amide) rings is 1. The molecule has 0 radical (unpaired) electrons. The van der Waals surface area contributed by atoms with Crippen LogP contribution in [0.15, 0.2) is 0 Å². The van der Waals surface area contributed by atoms with Gasteiger partial charge in [0.15, 0.2) is 0 Å². The number of methoxy groups -OCH3 is 1. The average molecular weight is 356 g/mol. The molecule has 0 saturated carbocycles. The number of nitrogens with two attached hydrogens (primary N) is 1. The van der Waals surface area contributed by atoms with Crippen molar-refractivity contribution in [3.63, 3.8) is 0 Å². The van der Waals surface area contributed by atoms with Crippen LogP contribution in [0.5, 0.6) is 0 Å². The zero-order chi connectivity index (χ0) is 11.9. The highest BCUT2D eigenvalue weighted by molar-refractivity contribution is 14.1. The minimum atomic E-state index is -0.563. The fraction of sp³-hybridized carbons (Fsp3) is 0.778. The van der Waals surface area contributed by atoms with E-state index in [9.17, 15) is 9.59 Å². The second-order valence-electron chi connectivity index (χ2n) is 4.10. The maximum Gasteiger partial charge on any atom is 0.315 e. The largest absolute Gasteiger partial charge is 0.468 e. The van der Waals surface area contributed by atoms with Gasteiger partial charge in [0.2, 0.25) is 5.91 Å². The van der Waals surface area contributed by atoms with Gasteiger partial charge in [-0.15, -0.1) is 11.8 Å². The van der Waals surface area contributed by atoms with E-state index in [-0.39, 0.29) is 17.3 Å². The van der Waals surface area contributed by atoms with Crippen LogP contribution in [-0.4, -0.2) is 52.0 Å². The fourth-order valence-electron chi connectivity index (χ4n) is 2.00. The molecular weight excluding hydrogens is 343 g/mol. The van der Waals surface area contributed by atoms with Crippen LogP contribution in [0.3, 0.4) is 0 Å². The predicted molar refractivity (Wildman–Crippen MR) is 69.3 cm³/mol. The van der Waals surface area contributed by atoms with Gasteiger partial charge in [0.25, 0.3) is 0 Å². The number of halogens is 1. The first-order chi connectivity index (χ1) is 7.55. The van der Waals surface area contributed by atoms with Crippen molar-refractivity contribution in [2.24, 2.45) is 11.1 Å². The van der Waals surface area contributed by atoms with E-state index >= 15 is 0 Å². The Balaban J connectivity index is 2.15. The summed E-state index contributed by atoms with van der Waals surface area (Å²) < 4.78 is 5.48. The molecule has 2 heterocycles. The van der Waals surface area contributed by atoms with Crippen molar-refractivity contribution in [2.45, 2.75) is 11.4 Å². The van der Waals surface area contributed by atoms with Crippen LogP contribution in [0.2, 0.25) is 0 Å². The molecular formula is C9H13IN2O3S. The van der Waals surface area contributed by atoms with Crippen LogP contribution in [0.25, 0.3) is 0 Å². The quantitative estimate of drug-likeness (QED) is 0.322. The Kier molecular flexibility index (Phi) is 3.37. The zero-order valence-corrected chi connectivity index (χ0v) is 11.8. The Morgan fingerprint density at radius 3 is 3.06 bits per heavy atom. The van der Waals surface area contributed by atoms with E-state index in [0.29, 0.717) is 16.7 Å². The molecule has 0 aromatic heterocycles. The summed E-state index contributed by atoms with van der Waals surface area (Å²) >= 11 is 3.74. The van der Waals surface area contributed by atoms with Crippen molar-refractivity contribution in [3.05, 3.63) is 0 Å². The highest BCUT2D eigenvalue weighted by atomic mass is 127. The second-order valence-corrected chi connectivity index (χ2v) is 5.97. The van der Waals surface area contributed by atoms with Crippen LogP contribution in [0, 0.1) is 5.41 Å². The summed E-state index contributed by atoms with van der Waals surface area (Å²) in [6.45, 7) is 0.437. The fourth-order valence-corrected chi connectivity index (χ4v) is 4.68. The van der Waals surface area contributed by atoms with Gasteiger partial charge in [0.1, 0.15) is 16.8 Å². The van der Waals surface area contributed by atoms with Crippen molar-refractivity contribution in [1.29, 1.82) is 0 Å². The minimum absolute atomic E-state index is 0.0493. The molecule has 1 amide bonds. The van der Waals surface area contributed by atoms with Gasteiger partial charge in [0.05, 0.1) is 7.11 Å². The maximum atomic E-state index is 11.8. The summed E-state index contributed by atoms with van der Waals surface area (Å²) in [6.07, 6.45) is 0. The van der Waals surface area contributed by atoms with E-state index in [0.717, 1.165) is 0 Å². The van der Waals surface area contributed by atoms with Gasteiger partial charge in [-0.25, -0.2) is 0 Å². The molecule has 0 bridgehead atoms. The summed E-state index contributed by atoms with van der Waals surface area (Å²) in [5, 5.41) is 0.0493. The summed E-state index contributed by atoms with van der Waals surface area (Å²) in [5.41, 5.74) is 5.12. The van der Waals surface area contributed by atoms with E-state index in [1.807, 2.05) is 0 Å². The van der Waals surface area contributed by atoms with Crippen LogP contribution in [0.1, 0.15) is 0 Å². The Morgan fingerprint density at radius 2 is 2.50 bits per heavy atom. The normalized spacial score (nSPS) is 37.7. The molecule has 0 aliphatic carbocycles. The van der Waals surface area contributed by atoms with Gasteiger partial charge in [0, 0.05) is 16.7 Å². The van der Waals surface area contributed by atoms with Gasteiger partial charge < -0.3 is 15.4 Å². The number of fused-ring (bicyclic) bond motifs is 1. The molecule has 2 N–H and O–H groups in total. The Bertz CT molecular complexity index is 341. The van der Waals surface area contributed by atoms with Crippen molar-refractivity contribution >= 4 is 46.2 Å². The molecule has 2 aliphatic rings. The Labute approximate surface area is 112 Å². The van der Waals surface area contributed by atoms with Crippen molar-refractivity contribution < 1.29 is 14.3 Å². The number of hydrogen-bond donors (Lipinski definition) is 1. The lowest BCUT2D eigenvalue weighted by Gasteiger charge is -2.52. The van der Waals surface area contributed by atoms with Crippen LogP contribution in [0.4, 0.5) is 0 Å². The molecule has 5 nitrogen and oxygen atoms in total. The summed E-state index contributed by atoms with van der Waals surface area (Å²) in [6, 6.07) is -0.394. The third-order valence-electron chi connectivity index (χ3n) is 3.06. The molecule has 7 heteroatoms. The van der Waals surface area contributed by atoms with Gasteiger partial charge >= 0.3 is 5.97 Å². The Morgan fingerprint density at radius 1 is 1.81 bits per heavy atom. The van der Waals surface area contributed by atoms with Crippen LogP contribution < -0.4 is 5.73 Å². The first-order valence-corrected chi connectivity index (χ1v) is 7.45. The molecule has 0 spiro atoms. The first-order valence-electron chi connectivity index (χ1n) is 4.88. The number of ether oxygens (including phenoxy) is 1. The molecule has 2 aliphatic heterocycles. The number of esters is 1. The smallest absolute Gasteiger partial charge is 0.315 e. The number of amides is 1. The first kappa shape index (κ1) is 12.4. The van der Waals surface area contributed by atoms with E-state index < -0.39 is 11.5 Å². The second kappa shape index (κ2) is 4.34. The highest BCUT2D eigenvalue weighted by Gasteiger charge is 2.55. The maximum absolute atomic E-state index is 11.8. The van der Waals surface area contributed by atoms with E-state index in [1.54, 1.807) is 16.7 Å². The molecule has 2 unspecified atom stereocenters. The highest BCUT2D eigenvalue weighted by Crippen LogP contribution is 2.42.